The van der Waals surface area contributed by atoms with Crippen molar-refractivity contribution in [3.8, 4) is 0 Å². The minimum Gasteiger partial charge on any atom is -0.324 e. The summed E-state index contributed by atoms with van der Waals surface area (Å²) in [6.45, 7) is 2.63. The second kappa shape index (κ2) is 4.22. The maximum Gasteiger partial charge on any atom is 0.329 e. The van der Waals surface area contributed by atoms with Gasteiger partial charge in [0.25, 0.3) is 0 Å². The van der Waals surface area contributed by atoms with Crippen molar-refractivity contribution in [3.63, 3.8) is 0 Å². The predicted octanol–water partition coefficient (Wildman–Crippen LogP) is 0.509. The SMILES string of the molecule is CCC(C(C)P(=O)(O)O)P(=O)(O)O. The van der Waals surface area contributed by atoms with Crippen LogP contribution < -0.4 is 0 Å². The second-order valence-corrected chi connectivity index (χ2v) is 6.73. The van der Waals surface area contributed by atoms with Gasteiger partial charge in [0.2, 0.25) is 0 Å². The van der Waals surface area contributed by atoms with Crippen molar-refractivity contribution in [3.05, 3.63) is 0 Å². The smallest absolute Gasteiger partial charge is 0.324 e. The quantitative estimate of drug-likeness (QED) is 0.525. The van der Waals surface area contributed by atoms with Gasteiger partial charge in [-0.15, -0.1) is 0 Å². The zero-order chi connectivity index (χ0) is 10.9. The third kappa shape index (κ3) is 3.90. The van der Waals surface area contributed by atoms with Gasteiger partial charge in [-0.3, -0.25) is 9.13 Å². The van der Waals surface area contributed by atoms with Crippen LogP contribution in [0, 0.1) is 0 Å². The van der Waals surface area contributed by atoms with Gasteiger partial charge in [0.15, 0.2) is 0 Å². The van der Waals surface area contributed by atoms with Gasteiger partial charge in [0, 0.05) is 0 Å². The molecule has 0 heterocycles. The Morgan fingerprint density at radius 3 is 1.54 bits per heavy atom. The van der Waals surface area contributed by atoms with Gasteiger partial charge in [-0.2, -0.15) is 0 Å². The molecule has 0 aliphatic heterocycles. The maximum atomic E-state index is 10.8. The number of rotatable bonds is 4. The Morgan fingerprint density at radius 1 is 1.08 bits per heavy atom. The Kier molecular flexibility index (Phi) is 4.31. The molecule has 80 valence electrons. The summed E-state index contributed by atoms with van der Waals surface area (Å²) in [6, 6.07) is 0. The molecule has 0 aromatic heterocycles. The van der Waals surface area contributed by atoms with Gasteiger partial charge < -0.3 is 19.6 Å². The minimum atomic E-state index is -4.42. The van der Waals surface area contributed by atoms with E-state index in [9.17, 15) is 9.13 Å². The van der Waals surface area contributed by atoms with Gasteiger partial charge in [0.1, 0.15) is 0 Å². The van der Waals surface area contributed by atoms with Crippen molar-refractivity contribution in [1.82, 2.24) is 0 Å². The van der Waals surface area contributed by atoms with Gasteiger partial charge >= 0.3 is 15.2 Å². The van der Waals surface area contributed by atoms with Crippen molar-refractivity contribution in [2.24, 2.45) is 0 Å². The van der Waals surface area contributed by atoms with Crippen molar-refractivity contribution >= 4 is 15.2 Å². The van der Waals surface area contributed by atoms with Crippen LogP contribution in [0.25, 0.3) is 0 Å². The Morgan fingerprint density at radius 2 is 1.46 bits per heavy atom. The molecule has 0 aromatic rings. The summed E-state index contributed by atoms with van der Waals surface area (Å²) in [7, 11) is -8.84. The summed E-state index contributed by atoms with van der Waals surface area (Å²) in [6.07, 6.45) is 0.0382. The van der Waals surface area contributed by atoms with E-state index in [4.69, 9.17) is 19.6 Å². The molecule has 0 saturated carbocycles. The van der Waals surface area contributed by atoms with E-state index in [0.717, 1.165) is 6.92 Å². The molecule has 0 spiro atoms. The summed E-state index contributed by atoms with van der Waals surface area (Å²) >= 11 is 0. The molecule has 8 heteroatoms. The summed E-state index contributed by atoms with van der Waals surface area (Å²) < 4.78 is 21.5. The molecule has 0 saturated heterocycles. The molecule has 4 N–H and O–H groups in total. The molecule has 0 aromatic carbocycles. The van der Waals surface area contributed by atoms with Crippen LogP contribution in [0.5, 0.6) is 0 Å². The third-order valence-electron chi connectivity index (χ3n) is 1.94. The first-order valence-corrected chi connectivity index (χ1v) is 7.07. The van der Waals surface area contributed by atoms with Crippen LogP contribution in [0.4, 0.5) is 0 Å². The summed E-state index contributed by atoms with van der Waals surface area (Å²) in [4.78, 5) is 35.0. The van der Waals surface area contributed by atoms with Crippen LogP contribution in [-0.2, 0) is 9.13 Å². The van der Waals surface area contributed by atoms with Crippen molar-refractivity contribution in [2.75, 3.05) is 0 Å². The highest BCUT2D eigenvalue weighted by Gasteiger charge is 2.40. The molecular formula is C5H14O6P2. The van der Waals surface area contributed by atoms with Crippen molar-refractivity contribution in [2.45, 2.75) is 31.6 Å². The fraction of sp³-hybridized carbons (Fsp3) is 1.00. The molecule has 2 atom stereocenters. The number of hydrogen-bond acceptors (Lipinski definition) is 2. The van der Waals surface area contributed by atoms with Gasteiger partial charge in [0.05, 0.1) is 11.3 Å². The zero-order valence-corrected chi connectivity index (χ0v) is 9.15. The van der Waals surface area contributed by atoms with E-state index < -0.39 is 26.5 Å². The first-order chi connectivity index (χ1) is 5.60. The lowest BCUT2D eigenvalue weighted by Crippen LogP contribution is -2.22. The monoisotopic (exact) mass is 232 g/mol. The largest absolute Gasteiger partial charge is 0.329 e. The lowest BCUT2D eigenvalue weighted by molar-refractivity contribution is 0.330. The molecule has 0 bridgehead atoms. The van der Waals surface area contributed by atoms with Crippen LogP contribution in [0.1, 0.15) is 20.3 Å². The average molecular weight is 232 g/mol. The van der Waals surface area contributed by atoms with E-state index in [0.29, 0.717) is 0 Å². The van der Waals surface area contributed by atoms with Crippen LogP contribution >= 0.6 is 15.2 Å². The highest BCUT2D eigenvalue weighted by atomic mass is 31.2. The molecule has 0 rings (SSSR count). The third-order valence-corrected chi connectivity index (χ3v) is 5.27. The van der Waals surface area contributed by atoms with Gasteiger partial charge in [-0.05, 0) is 6.42 Å². The molecule has 6 nitrogen and oxygen atoms in total. The van der Waals surface area contributed by atoms with Crippen LogP contribution in [0.3, 0.4) is 0 Å². The topological polar surface area (TPSA) is 115 Å². The fourth-order valence-electron chi connectivity index (χ4n) is 1.08. The molecule has 0 aliphatic rings. The molecular weight excluding hydrogens is 218 g/mol. The first-order valence-electron chi connectivity index (χ1n) is 3.71. The normalized spacial score (nSPS) is 18.3. The van der Waals surface area contributed by atoms with E-state index in [2.05, 4.69) is 0 Å². The first kappa shape index (κ1) is 13.3. The van der Waals surface area contributed by atoms with E-state index in [1.807, 2.05) is 0 Å². The van der Waals surface area contributed by atoms with E-state index in [-0.39, 0.29) is 6.42 Å². The van der Waals surface area contributed by atoms with Gasteiger partial charge in [-0.25, -0.2) is 0 Å². The fourth-order valence-corrected chi connectivity index (χ4v) is 3.82. The van der Waals surface area contributed by atoms with Crippen molar-refractivity contribution in [1.29, 1.82) is 0 Å². The molecule has 0 radical (unpaired) electrons. The zero-order valence-electron chi connectivity index (χ0n) is 7.36. The lowest BCUT2D eigenvalue weighted by Gasteiger charge is -2.23. The Balaban J connectivity index is 4.82. The van der Waals surface area contributed by atoms with Crippen LogP contribution in [0.15, 0.2) is 0 Å². The lowest BCUT2D eigenvalue weighted by atomic mass is 10.3. The van der Waals surface area contributed by atoms with E-state index in [1.54, 1.807) is 0 Å². The summed E-state index contributed by atoms with van der Waals surface area (Å²) in [5.74, 6) is 0. The highest BCUT2D eigenvalue weighted by molar-refractivity contribution is 7.57. The molecule has 0 aliphatic carbocycles. The minimum absolute atomic E-state index is 0.0382. The summed E-state index contributed by atoms with van der Waals surface area (Å²) in [5.41, 5.74) is -2.58. The number of hydrogen-bond donors (Lipinski definition) is 4. The Labute approximate surface area is 76.3 Å². The van der Waals surface area contributed by atoms with Crippen LogP contribution in [-0.4, -0.2) is 30.9 Å². The van der Waals surface area contributed by atoms with Crippen LogP contribution in [0.2, 0.25) is 0 Å². The second-order valence-electron chi connectivity index (χ2n) is 2.89. The van der Waals surface area contributed by atoms with Gasteiger partial charge in [-0.1, -0.05) is 13.8 Å². The Bertz CT molecular complexity index is 252. The predicted molar refractivity (Wildman–Crippen MR) is 47.6 cm³/mol. The maximum absolute atomic E-state index is 10.8. The Hall–Kier alpha value is 0.300. The summed E-state index contributed by atoms with van der Waals surface area (Å²) in [5, 5.41) is 0. The average Bonchev–Trinajstić information content (AvgIpc) is 1.83. The van der Waals surface area contributed by atoms with E-state index in [1.165, 1.54) is 6.92 Å². The molecule has 13 heavy (non-hydrogen) atoms. The molecule has 2 unspecified atom stereocenters. The van der Waals surface area contributed by atoms with Crippen molar-refractivity contribution < 1.29 is 28.7 Å². The van der Waals surface area contributed by atoms with E-state index >= 15 is 0 Å². The molecule has 0 fully saturated rings. The highest BCUT2D eigenvalue weighted by Crippen LogP contribution is 2.54. The molecule has 0 amide bonds. The standard InChI is InChI=1S/C5H14O6P2/c1-3-5(13(9,10)11)4(2)12(6,7)8/h4-5H,3H2,1-2H3,(H2,6,7,8)(H2,9,10,11).